The molecule has 8 nitrogen and oxygen atoms in total. The van der Waals surface area contributed by atoms with Crippen LogP contribution in [-0.4, -0.2) is 54.5 Å². The zero-order chi connectivity index (χ0) is 26.4. The van der Waals surface area contributed by atoms with Gasteiger partial charge in [-0.1, -0.05) is 17.4 Å². The molecule has 3 N–H and O–H groups in total. The van der Waals surface area contributed by atoms with E-state index >= 15 is 0 Å². The van der Waals surface area contributed by atoms with Gasteiger partial charge in [0.2, 0.25) is 0 Å². The van der Waals surface area contributed by atoms with E-state index < -0.39 is 16.7 Å². The average Bonchev–Trinajstić information content (AvgIpc) is 3.35. The second-order valence-electron chi connectivity index (χ2n) is 7.93. The topological polar surface area (TPSA) is 108 Å². The van der Waals surface area contributed by atoms with E-state index in [9.17, 15) is 18.0 Å². The van der Waals surface area contributed by atoms with Crippen molar-refractivity contribution >= 4 is 40.0 Å². The molecule has 1 aliphatic heterocycles. The van der Waals surface area contributed by atoms with Gasteiger partial charge < -0.3 is 20.7 Å². The fourth-order valence-electron chi connectivity index (χ4n) is 3.54. The van der Waals surface area contributed by atoms with Crippen molar-refractivity contribution in [1.82, 2.24) is 9.29 Å². The largest absolute Gasteiger partial charge is 0.492 e. The highest BCUT2D eigenvalue weighted by Crippen LogP contribution is 2.37. The Bertz CT molecular complexity index is 1270. The zero-order valence-corrected chi connectivity index (χ0v) is 21.1. The minimum Gasteiger partial charge on any atom is -0.492 e. The van der Waals surface area contributed by atoms with E-state index in [1.165, 1.54) is 11.9 Å². The lowest BCUT2D eigenvalue weighted by Crippen LogP contribution is -2.43. The van der Waals surface area contributed by atoms with Crippen molar-refractivity contribution in [3.63, 3.8) is 0 Å². The van der Waals surface area contributed by atoms with Gasteiger partial charge >= 0.3 is 6.18 Å². The van der Waals surface area contributed by atoms with E-state index in [-0.39, 0.29) is 11.0 Å². The highest BCUT2D eigenvalue weighted by Gasteiger charge is 2.38. The van der Waals surface area contributed by atoms with Crippen LogP contribution >= 0.6 is 23.3 Å². The Hall–Kier alpha value is -3.31. The molecule has 0 aliphatic carbocycles. The third-order valence-electron chi connectivity index (χ3n) is 5.32. The number of nitriles is 1. The van der Waals surface area contributed by atoms with Crippen LogP contribution in [0.2, 0.25) is 0 Å². The van der Waals surface area contributed by atoms with Gasteiger partial charge in [0.25, 0.3) is 5.91 Å². The van der Waals surface area contributed by atoms with Crippen molar-refractivity contribution < 1.29 is 22.7 Å². The fraction of sp³-hybridized carbons (Fsp3) is 0.292. The number of hydrogen-bond donors (Lipinski definition) is 2. The standard InChI is InChI=1S/C24H23F3N6O2S2/c25-24(26,27)21-20(15-29)36-23(31-21)32-9-11-33(12-10-32)37-19-6-4-17(5-7-19)30-22(34)16-2-1-3-18(14-16)35-13-8-28/h1-7,14H,8-13,28H2,(H,30,34). The Kier molecular flexibility index (Phi) is 8.55. The highest BCUT2D eigenvalue weighted by atomic mass is 32.2. The minimum atomic E-state index is -4.65. The summed E-state index contributed by atoms with van der Waals surface area (Å²) in [5.74, 6) is 0.316. The van der Waals surface area contributed by atoms with Crippen molar-refractivity contribution in [1.29, 1.82) is 5.26 Å². The number of ether oxygens (including phenoxy) is 1. The van der Waals surface area contributed by atoms with E-state index in [1.54, 1.807) is 35.2 Å². The maximum Gasteiger partial charge on any atom is 0.435 e. The second-order valence-corrected chi connectivity index (χ2v) is 10.1. The number of nitrogens with one attached hydrogen (secondary N) is 1. The van der Waals surface area contributed by atoms with E-state index in [0.29, 0.717) is 56.3 Å². The van der Waals surface area contributed by atoms with E-state index in [0.717, 1.165) is 16.2 Å². The molecular formula is C24H23F3N6O2S2. The summed E-state index contributed by atoms with van der Waals surface area (Å²) in [7, 11) is 0. The lowest BCUT2D eigenvalue weighted by atomic mass is 10.2. The number of carbonyl (C=O) groups excluding carboxylic acids is 1. The van der Waals surface area contributed by atoms with Crippen LogP contribution in [0.1, 0.15) is 20.9 Å². The molecule has 0 bridgehead atoms. The van der Waals surface area contributed by atoms with Gasteiger partial charge in [0.15, 0.2) is 10.8 Å². The molecule has 3 aromatic rings. The Balaban J connectivity index is 1.29. The number of carbonyl (C=O) groups is 1. The van der Waals surface area contributed by atoms with Gasteiger partial charge in [0, 0.05) is 48.9 Å². The third kappa shape index (κ3) is 6.92. The molecule has 1 aliphatic rings. The molecule has 0 saturated carbocycles. The molecule has 1 amide bonds. The van der Waals surface area contributed by atoms with Crippen LogP contribution < -0.4 is 20.7 Å². The number of halogens is 3. The van der Waals surface area contributed by atoms with Crippen molar-refractivity contribution in [3.05, 3.63) is 64.7 Å². The summed E-state index contributed by atoms with van der Waals surface area (Å²) in [4.78, 5) is 18.6. The van der Waals surface area contributed by atoms with Crippen molar-refractivity contribution in [2.75, 3.05) is 49.5 Å². The van der Waals surface area contributed by atoms with Crippen LogP contribution in [0.3, 0.4) is 0 Å². The van der Waals surface area contributed by atoms with Crippen LogP contribution in [0.25, 0.3) is 0 Å². The Labute approximate surface area is 220 Å². The number of amides is 1. The number of rotatable bonds is 8. The molecule has 2 heterocycles. The number of piperazine rings is 1. The predicted molar refractivity (Wildman–Crippen MR) is 137 cm³/mol. The zero-order valence-electron chi connectivity index (χ0n) is 19.5. The molecule has 37 heavy (non-hydrogen) atoms. The maximum atomic E-state index is 13.1. The third-order valence-corrected chi connectivity index (χ3v) is 7.45. The molecule has 0 radical (unpaired) electrons. The van der Waals surface area contributed by atoms with E-state index in [1.807, 2.05) is 24.3 Å². The summed E-state index contributed by atoms with van der Waals surface area (Å²) in [6, 6.07) is 15.9. The molecule has 1 aromatic heterocycles. The number of anilines is 2. The lowest BCUT2D eigenvalue weighted by molar-refractivity contribution is -0.140. The molecule has 13 heteroatoms. The van der Waals surface area contributed by atoms with Gasteiger partial charge in [0.05, 0.1) is 0 Å². The molecule has 1 saturated heterocycles. The molecule has 1 fully saturated rings. The van der Waals surface area contributed by atoms with Crippen molar-refractivity contribution in [2.24, 2.45) is 5.73 Å². The molecule has 194 valence electrons. The Morgan fingerprint density at radius 2 is 1.92 bits per heavy atom. The number of aromatic nitrogens is 1. The lowest BCUT2D eigenvalue weighted by Gasteiger charge is -2.33. The smallest absolute Gasteiger partial charge is 0.435 e. The monoisotopic (exact) mass is 548 g/mol. The van der Waals surface area contributed by atoms with Gasteiger partial charge in [-0.25, -0.2) is 9.29 Å². The number of nitrogens with zero attached hydrogens (tertiary/aromatic N) is 4. The number of benzene rings is 2. The fourth-order valence-corrected chi connectivity index (χ4v) is 5.37. The summed E-state index contributed by atoms with van der Waals surface area (Å²) in [6.07, 6.45) is -4.65. The first-order valence-electron chi connectivity index (χ1n) is 11.3. The van der Waals surface area contributed by atoms with Crippen LogP contribution in [-0.2, 0) is 6.18 Å². The van der Waals surface area contributed by atoms with Gasteiger partial charge in [-0.2, -0.15) is 18.4 Å². The Morgan fingerprint density at radius 1 is 1.19 bits per heavy atom. The summed E-state index contributed by atoms with van der Waals surface area (Å²) in [5, 5.41) is 12.1. The highest BCUT2D eigenvalue weighted by molar-refractivity contribution is 7.97. The number of nitrogens with two attached hydrogens (primary N) is 1. The number of alkyl halides is 3. The average molecular weight is 549 g/mol. The first kappa shape index (κ1) is 26.7. The van der Waals surface area contributed by atoms with Crippen LogP contribution in [0, 0.1) is 11.3 Å². The summed E-state index contributed by atoms with van der Waals surface area (Å²) in [5.41, 5.74) is 5.44. The van der Waals surface area contributed by atoms with E-state index in [2.05, 4.69) is 14.6 Å². The van der Waals surface area contributed by atoms with Gasteiger partial charge in [0.1, 0.15) is 23.3 Å². The predicted octanol–water partition coefficient (Wildman–Crippen LogP) is 4.45. The van der Waals surface area contributed by atoms with Gasteiger partial charge in [-0.3, -0.25) is 4.79 Å². The molecule has 0 atom stereocenters. The molecule has 0 spiro atoms. The van der Waals surface area contributed by atoms with Gasteiger partial charge in [-0.15, -0.1) is 0 Å². The van der Waals surface area contributed by atoms with Crippen molar-refractivity contribution in [2.45, 2.75) is 11.1 Å². The maximum absolute atomic E-state index is 13.1. The quantitative estimate of drug-likeness (QED) is 0.398. The summed E-state index contributed by atoms with van der Waals surface area (Å²) in [6.45, 7) is 2.94. The molecule has 2 aromatic carbocycles. The van der Waals surface area contributed by atoms with Crippen LogP contribution in [0.4, 0.5) is 24.0 Å². The summed E-state index contributed by atoms with van der Waals surface area (Å²) >= 11 is 2.30. The van der Waals surface area contributed by atoms with Gasteiger partial charge in [-0.05, 0) is 54.4 Å². The Morgan fingerprint density at radius 3 is 2.54 bits per heavy atom. The SMILES string of the molecule is N#Cc1sc(N2CCN(Sc3ccc(NC(=O)c4cccc(OCCN)c4)cc3)CC2)nc1C(F)(F)F. The normalized spacial score (nSPS) is 14.3. The molecule has 4 rings (SSSR count). The van der Waals surface area contributed by atoms with Crippen molar-refractivity contribution in [3.8, 4) is 11.8 Å². The minimum absolute atomic E-state index is 0.213. The second kappa shape index (κ2) is 11.8. The van der Waals surface area contributed by atoms with E-state index in [4.69, 9.17) is 15.7 Å². The molecule has 0 unspecified atom stereocenters. The van der Waals surface area contributed by atoms with Crippen LogP contribution in [0.15, 0.2) is 53.4 Å². The first-order chi connectivity index (χ1) is 17.8. The molecular weight excluding hydrogens is 525 g/mol. The summed E-state index contributed by atoms with van der Waals surface area (Å²) < 4.78 is 46.9. The first-order valence-corrected chi connectivity index (χ1v) is 12.9. The number of thiazole rings is 1. The van der Waals surface area contributed by atoms with Crippen LogP contribution in [0.5, 0.6) is 5.75 Å². The number of hydrogen-bond acceptors (Lipinski definition) is 9.